The van der Waals surface area contributed by atoms with E-state index < -0.39 is 16.8 Å². The van der Waals surface area contributed by atoms with E-state index >= 15 is 0 Å². The number of hydrogen-bond acceptors (Lipinski definition) is 6. The van der Waals surface area contributed by atoms with Gasteiger partial charge in [0.2, 0.25) is 0 Å². The van der Waals surface area contributed by atoms with Crippen LogP contribution in [0.1, 0.15) is 79.1 Å². The van der Waals surface area contributed by atoms with Gasteiger partial charge in [-0.3, -0.25) is 14.4 Å². The third kappa shape index (κ3) is 3.35. The normalized spacial score (nSPS) is 43.1. The molecular formula is C30H40O6. The molecule has 0 N–H and O–H groups in total. The fourth-order valence-corrected chi connectivity index (χ4v) is 9.16. The highest BCUT2D eigenvalue weighted by atomic mass is 16.5. The molecule has 0 saturated heterocycles. The fraction of sp³-hybridized carbons (Fsp3) is 0.733. The number of rotatable bonds is 2. The molecule has 0 aromatic carbocycles. The SMILES string of the molecule is COC(=O)C1=CC2(C)C3=CC(=O)C4C(CCC5(C(=O)OC)CCC(C)(C)CC45)C3(C)CCC2CC1=O. The summed E-state index contributed by atoms with van der Waals surface area (Å²) in [5.41, 5.74) is -0.121. The zero-order valence-corrected chi connectivity index (χ0v) is 22.6. The van der Waals surface area contributed by atoms with Gasteiger partial charge in [0.25, 0.3) is 0 Å². The van der Waals surface area contributed by atoms with E-state index in [-0.39, 0.29) is 57.6 Å². The summed E-state index contributed by atoms with van der Waals surface area (Å²) in [5.74, 6) is -0.859. The van der Waals surface area contributed by atoms with Gasteiger partial charge in [-0.05, 0) is 79.6 Å². The second-order valence-corrected chi connectivity index (χ2v) is 13.4. The predicted octanol–water partition coefficient (Wildman–Crippen LogP) is 5.00. The summed E-state index contributed by atoms with van der Waals surface area (Å²) in [6.07, 6.45) is 9.86. The first-order chi connectivity index (χ1) is 16.8. The standard InChI is InChI=1S/C30H40O6/c1-27(2)11-12-30(26(34)36-6)10-8-19-24(20(30)16-27)22(32)14-23-28(19,3)9-7-17-13-21(31)18(25(33)35-5)15-29(17,23)4/h14-15,17,19-20,24H,7-13,16H2,1-6H3. The van der Waals surface area contributed by atoms with Crippen LogP contribution in [0.15, 0.2) is 23.3 Å². The average Bonchev–Trinajstić information content (AvgIpc) is 2.84. The molecule has 0 aromatic rings. The number of methoxy groups -OCH3 is 2. The number of ketones is 2. The Bertz CT molecular complexity index is 1100. The second kappa shape index (κ2) is 8.13. The van der Waals surface area contributed by atoms with Gasteiger partial charge in [-0.15, -0.1) is 0 Å². The molecule has 3 fully saturated rings. The van der Waals surface area contributed by atoms with Gasteiger partial charge in [0, 0.05) is 17.8 Å². The van der Waals surface area contributed by atoms with Crippen LogP contribution >= 0.6 is 0 Å². The maximum Gasteiger partial charge on any atom is 0.341 e. The van der Waals surface area contributed by atoms with E-state index in [1.807, 2.05) is 6.08 Å². The van der Waals surface area contributed by atoms with Gasteiger partial charge < -0.3 is 9.47 Å². The van der Waals surface area contributed by atoms with Crippen molar-refractivity contribution in [1.29, 1.82) is 0 Å². The minimum Gasteiger partial charge on any atom is -0.469 e. The molecule has 6 nitrogen and oxygen atoms in total. The molecule has 0 bridgehead atoms. The molecule has 5 rings (SSSR count). The zero-order chi connectivity index (χ0) is 26.3. The minimum absolute atomic E-state index is 0.0331. The fourth-order valence-electron chi connectivity index (χ4n) is 9.16. The van der Waals surface area contributed by atoms with E-state index in [2.05, 4.69) is 27.7 Å². The Balaban J connectivity index is 1.62. The number of carbonyl (C=O) groups excluding carboxylic acids is 4. The maximum atomic E-state index is 14.1. The molecule has 5 aliphatic rings. The third-order valence-electron chi connectivity index (χ3n) is 11.2. The van der Waals surface area contributed by atoms with Gasteiger partial charge in [0.1, 0.15) is 0 Å². The first kappa shape index (κ1) is 25.4. The quantitative estimate of drug-likeness (QED) is 0.395. The summed E-state index contributed by atoms with van der Waals surface area (Å²) >= 11 is 0. The van der Waals surface area contributed by atoms with Crippen molar-refractivity contribution < 1.29 is 28.7 Å². The van der Waals surface area contributed by atoms with Gasteiger partial charge in [-0.25, -0.2) is 4.79 Å². The van der Waals surface area contributed by atoms with Crippen LogP contribution in [0.2, 0.25) is 0 Å². The van der Waals surface area contributed by atoms with Gasteiger partial charge in [0.15, 0.2) is 11.6 Å². The summed E-state index contributed by atoms with van der Waals surface area (Å²) in [4.78, 5) is 52.5. The summed E-state index contributed by atoms with van der Waals surface area (Å²) in [6.45, 7) is 8.87. The predicted molar refractivity (Wildman–Crippen MR) is 134 cm³/mol. The Hall–Kier alpha value is -2.24. The summed E-state index contributed by atoms with van der Waals surface area (Å²) in [7, 11) is 2.77. The molecule has 5 aliphatic carbocycles. The summed E-state index contributed by atoms with van der Waals surface area (Å²) in [5, 5.41) is 0. The maximum absolute atomic E-state index is 14.1. The largest absolute Gasteiger partial charge is 0.469 e. The Morgan fingerprint density at radius 1 is 0.917 bits per heavy atom. The van der Waals surface area contributed by atoms with Crippen molar-refractivity contribution in [3.05, 3.63) is 23.3 Å². The number of ether oxygens (including phenoxy) is 2. The molecule has 0 radical (unpaired) electrons. The third-order valence-corrected chi connectivity index (χ3v) is 11.2. The molecule has 0 aromatic heterocycles. The molecule has 196 valence electrons. The first-order valence-corrected chi connectivity index (χ1v) is 13.5. The minimum atomic E-state index is -0.600. The number of fused-ring (bicyclic) bond motifs is 7. The Morgan fingerprint density at radius 2 is 1.64 bits per heavy atom. The lowest BCUT2D eigenvalue weighted by atomic mass is 9.40. The van der Waals surface area contributed by atoms with Crippen LogP contribution in [0.4, 0.5) is 0 Å². The van der Waals surface area contributed by atoms with Crippen molar-refractivity contribution in [3.8, 4) is 0 Å². The topological polar surface area (TPSA) is 86.7 Å². The number of allylic oxidation sites excluding steroid dienone is 3. The molecule has 7 unspecified atom stereocenters. The first-order valence-electron chi connectivity index (χ1n) is 13.5. The Morgan fingerprint density at radius 3 is 2.31 bits per heavy atom. The Kier molecular flexibility index (Phi) is 5.74. The van der Waals surface area contributed by atoms with Crippen LogP contribution in [0.25, 0.3) is 0 Å². The van der Waals surface area contributed by atoms with Crippen LogP contribution in [-0.2, 0) is 28.7 Å². The number of Topliss-reactive ketones (excluding diaryl/α,β-unsaturated/α-hetero) is 1. The highest BCUT2D eigenvalue weighted by molar-refractivity contribution is 6.18. The summed E-state index contributed by atoms with van der Waals surface area (Å²) < 4.78 is 10.3. The van der Waals surface area contributed by atoms with Crippen LogP contribution in [0.5, 0.6) is 0 Å². The number of esters is 2. The lowest BCUT2D eigenvalue weighted by Crippen LogP contribution is -2.60. The molecule has 0 spiro atoms. The molecule has 0 amide bonds. The molecule has 6 heteroatoms. The number of hydrogen-bond donors (Lipinski definition) is 0. The van der Waals surface area contributed by atoms with E-state index in [1.165, 1.54) is 14.2 Å². The van der Waals surface area contributed by atoms with Gasteiger partial charge >= 0.3 is 11.9 Å². The molecule has 0 heterocycles. The molecule has 36 heavy (non-hydrogen) atoms. The van der Waals surface area contributed by atoms with Crippen LogP contribution in [0, 0.1) is 45.3 Å². The van der Waals surface area contributed by atoms with E-state index in [1.54, 1.807) is 6.08 Å². The van der Waals surface area contributed by atoms with Crippen molar-refractivity contribution in [2.24, 2.45) is 45.3 Å². The van der Waals surface area contributed by atoms with E-state index in [9.17, 15) is 19.2 Å². The zero-order valence-electron chi connectivity index (χ0n) is 22.6. The van der Waals surface area contributed by atoms with Gasteiger partial charge in [0.05, 0.1) is 25.2 Å². The Labute approximate surface area is 214 Å². The van der Waals surface area contributed by atoms with Crippen LogP contribution in [0.3, 0.4) is 0 Å². The van der Waals surface area contributed by atoms with Crippen molar-refractivity contribution in [1.82, 2.24) is 0 Å². The van der Waals surface area contributed by atoms with Crippen LogP contribution in [-0.4, -0.2) is 37.7 Å². The average molecular weight is 497 g/mol. The van der Waals surface area contributed by atoms with E-state index in [0.29, 0.717) is 6.42 Å². The molecule has 7 atom stereocenters. The van der Waals surface area contributed by atoms with Crippen molar-refractivity contribution >= 4 is 23.5 Å². The van der Waals surface area contributed by atoms with E-state index in [0.717, 1.165) is 50.5 Å². The van der Waals surface area contributed by atoms with Crippen molar-refractivity contribution in [3.63, 3.8) is 0 Å². The molecule has 0 aliphatic heterocycles. The van der Waals surface area contributed by atoms with Crippen molar-refractivity contribution in [2.75, 3.05) is 14.2 Å². The van der Waals surface area contributed by atoms with Gasteiger partial charge in [-0.1, -0.05) is 39.3 Å². The highest BCUT2D eigenvalue weighted by Gasteiger charge is 2.65. The smallest absolute Gasteiger partial charge is 0.341 e. The molecule has 3 saturated carbocycles. The van der Waals surface area contributed by atoms with Crippen molar-refractivity contribution in [2.45, 2.75) is 79.1 Å². The lowest BCUT2D eigenvalue weighted by Gasteiger charge is -2.63. The number of carbonyl (C=O) groups is 4. The highest BCUT2D eigenvalue weighted by Crippen LogP contribution is 2.69. The lowest BCUT2D eigenvalue weighted by molar-refractivity contribution is -0.177. The van der Waals surface area contributed by atoms with Crippen LogP contribution < -0.4 is 0 Å². The van der Waals surface area contributed by atoms with E-state index in [4.69, 9.17) is 9.47 Å². The summed E-state index contributed by atoms with van der Waals surface area (Å²) in [6, 6.07) is 0. The monoisotopic (exact) mass is 496 g/mol. The molecular weight excluding hydrogens is 456 g/mol. The van der Waals surface area contributed by atoms with Gasteiger partial charge in [-0.2, -0.15) is 0 Å². The second-order valence-electron chi connectivity index (χ2n) is 13.4.